The van der Waals surface area contributed by atoms with Crippen LogP contribution in [0.1, 0.15) is 26.4 Å². The first-order chi connectivity index (χ1) is 12.5. The van der Waals surface area contributed by atoms with Crippen molar-refractivity contribution in [1.29, 1.82) is 0 Å². The van der Waals surface area contributed by atoms with Crippen molar-refractivity contribution < 1.29 is 9.59 Å². The molecule has 0 aliphatic rings. The van der Waals surface area contributed by atoms with Crippen LogP contribution < -0.4 is 10.6 Å². The van der Waals surface area contributed by atoms with E-state index in [-0.39, 0.29) is 17.5 Å². The largest absolute Gasteiger partial charge is 0.355 e. The van der Waals surface area contributed by atoms with Crippen LogP contribution in [0.3, 0.4) is 0 Å². The topological polar surface area (TPSA) is 88.9 Å². The number of amides is 2. The summed E-state index contributed by atoms with van der Waals surface area (Å²) in [5.74, 6) is 0.0438. The molecule has 0 saturated carbocycles. The van der Waals surface area contributed by atoms with Gasteiger partial charge < -0.3 is 15.2 Å². The zero-order chi connectivity index (χ0) is 18.7. The first kappa shape index (κ1) is 17.3. The maximum absolute atomic E-state index is 12.6. The summed E-state index contributed by atoms with van der Waals surface area (Å²) in [6, 6.07) is 10.7. The van der Waals surface area contributed by atoms with Gasteiger partial charge in [-0.3, -0.25) is 14.6 Å². The Balaban J connectivity index is 1.86. The monoisotopic (exact) mass is 349 g/mol. The van der Waals surface area contributed by atoms with E-state index in [1.165, 1.54) is 0 Å². The van der Waals surface area contributed by atoms with Crippen LogP contribution in [0, 0.1) is 6.92 Å². The van der Waals surface area contributed by atoms with Gasteiger partial charge in [0.05, 0.1) is 0 Å². The minimum Gasteiger partial charge on any atom is -0.355 e. The van der Waals surface area contributed by atoms with Gasteiger partial charge in [0.15, 0.2) is 5.82 Å². The number of benzene rings is 1. The molecule has 3 aromatic rings. The zero-order valence-electron chi connectivity index (χ0n) is 14.8. The predicted molar refractivity (Wildman–Crippen MR) is 99.0 cm³/mol. The van der Waals surface area contributed by atoms with Gasteiger partial charge in [-0.15, -0.1) is 0 Å². The number of aryl methyl sites for hydroxylation is 2. The van der Waals surface area contributed by atoms with Crippen LogP contribution in [0.4, 0.5) is 5.69 Å². The summed E-state index contributed by atoms with van der Waals surface area (Å²) in [4.78, 5) is 33.0. The lowest BCUT2D eigenvalue weighted by atomic mass is 10.1. The van der Waals surface area contributed by atoms with Crippen molar-refractivity contribution in [3.05, 3.63) is 65.6 Å². The van der Waals surface area contributed by atoms with Crippen molar-refractivity contribution in [1.82, 2.24) is 19.9 Å². The summed E-state index contributed by atoms with van der Waals surface area (Å²) in [5, 5.41) is 5.39. The fourth-order valence-electron chi connectivity index (χ4n) is 2.54. The average Bonchev–Trinajstić information content (AvgIpc) is 3.05. The molecule has 7 heteroatoms. The molecule has 0 saturated heterocycles. The number of hydrogen-bond donors (Lipinski definition) is 2. The van der Waals surface area contributed by atoms with Gasteiger partial charge >= 0.3 is 0 Å². The van der Waals surface area contributed by atoms with E-state index < -0.39 is 0 Å². The SMILES string of the molecule is CNC(=O)c1ccc(C)c(NC(=O)c2cn(C)c(-c3ccccn3)n2)c1. The van der Waals surface area contributed by atoms with E-state index in [9.17, 15) is 9.59 Å². The molecule has 0 spiro atoms. The van der Waals surface area contributed by atoms with E-state index in [4.69, 9.17) is 0 Å². The standard InChI is InChI=1S/C19H19N5O2/c1-12-7-8-13(18(25)20-2)10-15(12)23-19(26)16-11-24(3)17(22-16)14-6-4-5-9-21-14/h4-11H,1-3H3,(H,20,25)(H,23,26). The molecule has 0 atom stereocenters. The second kappa shape index (κ2) is 7.18. The van der Waals surface area contributed by atoms with Crippen LogP contribution in [-0.2, 0) is 7.05 Å². The number of rotatable bonds is 4. The van der Waals surface area contributed by atoms with Crippen molar-refractivity contribution >= 4 is 17.5 Å². The van der Waals surface area contributed by atoms with Crippen LogP contribution >= 0.6 is 0 Å². The van der Waals surface area contributed by atoms with E-state index in [0.29, 0.717) is 22.8 Å². The number of pyridine rings is 1. The second-order valence-corrected chi connectivity index (χ2v) is 5.84. The number of carbonyl (C=O) groups excluding carboxylic acids is 2. The fourth-order valence-corrected chi connectivity index (χ4v) is 2.54. The molecule has 132 valence electrons. The van der Waals surface area contributed by atoms with E-state index in [1.54, 1.807) is 42.2 Å². The molecule has 2 aromatic heterocycles. The molecule has 1 aromatic carbocycles. The smallest absolute Gasteiger partial charge is 0.275 e. The van der Waals surface area contributed by atoms with Gasteiger partial charge in [0.25, 0.3) is 11.8 Å². The Labute approximate surface area is 151 Å². The molecule has 2 N–H and O–H groups in total. The highest BCUT2D eigenvalue weighted by Crippen LogP contribution is 2.19. The molecule has 0 bridgehead atoms. The highest BCUT2D eigenvalue weighted by Gasteiger charge is 2.16. The number of imidazole rings is 1. The molecular weight excluding hydrogens is 330 g/mol. The van der Waals surface area contributed by atoms with Crippen LogP contribution in [0.15, 0.2) is 48.8 Å². The summed E-state index contributed by atoms with van der Waals surface area (Å²) < 4.78 is 1.76. The average molecular weight is 349 g/mol. The van der Waals surface area contributed by atoms with E-state index in [0.717, 1.165) is 5.56 Å². The number of aromatic nitrogens is 3. The third-order valence-corrected chi connectivity index (χ3v) is 3.98. The molecule has 0 fully saturated rings. The van der Waals surface area contributed by atoms with E-state index in [1.807, 2.05) is 32.2 Å². The molecule has 26 heavy (non-hydrogen) atoms. The molecular formula is C19H19N5O2. The molecule has 2 amide bonds. The first-order valence-electron chi connectivity index (χ1n) is 8.08. The predicted octanol–water partition coefficient (Wildman–Crippen LogP) is 2.40. The Hall–Kier alpha value is -3.48. The minimum absolute atomic E-state index is 0.212. The molecule has 0 unspecified atom stereocenters. The molecule has 7 nitrogen and oxygen atoms in total. The van der Waals surface area contributed by atoms with Crippen molar-refractivity contribution in [2.24, 2.45) is 7.05 Å². The number of hydrogen-bond acceptors (Lipinski definition) is 4. The Morgan fingerprint density at radius 1 is 1.12 bits per heavy atom. The molecule has 0 aliphatic heterocycles. The van der Waals surface area contributed by atoms with Gasteiger partial charge in [-0.05, 0) is 36.8 Å². The lowest BCUT2D eigenvalue weighted by Crippen LogP contribution is -2.19. The van der Waals surface area contributed by atoms with Crippen LogP contribution in [-0.4, -0.2) is 33.4 Å². The Bertz CT molecular complexity index is 963. The number of nitrogens with zero attached hydrogens (tertiary/aromatic N) is 3. The third kappa shape index (κ3) is 3.46. The van der Waals surface area contributed by atoms with Gasteiger partial charge in [0.1, 0.15) is 11.4 Å². The Morgan fingerprint density at radius 3 is 2.62 bits per heavy atom. The highest BCUT2D eigenvalue weighted by atomic mass is 16.2. The van der Waals surface area contributed by atoms with Crippen molar-refractivity contribution in [3.63, 3.8) is 0 Å². The zero-order valence-corrected chi connectivity index (χ0v) is 14.8. The summed E-state index contributed by atoms with van der Waals surface area (Å²) in [6.45, 7) is 1.86. The second-order valence-electron chi connectivity index (χ2n) is 5.84. The summed E-state index contributed by atoms with van der Waals surface area (Å²) in [6.07, 6.45) is 3.33. The van der Waals surface area contributed by atoms with Gasteiger partial charge in [-0.25, -0.2) is 4.98 Å². The van der Waals surface area contributed by atoms with Crippen LogP contribution in [0.25, 0.3) is 11.5 Å². The Kier molecular flexibility index (Phi) is 4.79. The highest BCUT2D eigenvalue weighted by molar-refractivity contribution is 6.04. The molecule has 0 radical (unpaired) electrons. The molecule has 2 heterocycles. The molecule has 0 aliphatic carbocycles. The van der Waals surface area contributed by atoms with Crippen molar-refractivity contribution in [2.75, 3.05) is 12.4 Å². The van der Waals surface area contributed by atoms with Gasteiger partial charge in [0.2, 0.25) is 0 Å². The number of nitrogens with one attached hydrogen (secondary N) is 2. The van der Waals surface area contributed by atoms with Gasteiger partial charge in [-0.2, -0.15) is 0 Å². The van der Waals surface area contributed by atoms with Gasteiger partial charge in [0, 0.05) is 37.7 Å². The Morgan fingerprint density at radius 2 is 1.92 bits per heavy atom. The van der Waals surface area contributed by atoms with Crippen LogP contribution in [0.5, 0.6) is 0 Å². The number of carbonyl (C=O) groups is 2. The maximum atomic E-state index is 12.6. The van der Waals surface area contributed by atoms with Crippen molar-refractivity contribution in [3.8, 4) is 11.5 Å². The third-order valence-electron chi connectivity index (χ3n) is 3.98. The molecule has 3 rings (SSSR count). The first-order valence-corrected chi connectivity index (χ1v) is 8.08. The fraction of sp³-hybridized carbons (Fsp3) is 0.158. The van der Waals surface area contributed by atoms with E-state index in [2.05, 4.69) is 20.6 Å². The van der Waals surface area contributed by atoms with E-state index >= 15 is 0 Å². The summed E-state index contributed by atoms with van der Waals surface area (Å²) >= 11 is 0. The normalized spacial score (nSPS) is 10.4. The summed E-state index contributed by atoms with van der Waals surface area (Å²) in [7, 11) is 3.37. The lowest BCUT2D eigenvalue weighted by Gasteiger charge is -2.09. The quantitative estimate of drug-likeness (QED) is 0.757. The maximum Gasteiger partial charge on any atom is 0.275 e. The lowest BCUT2D eigenvalue weighted by molar-refractivity contribution is 0.0961. The van der Waals surface area contributed by atoms with Crippen LogP contribution in [0.2, 0.25) is 0 Å². The number of anilines is 1. The summed E-state index contributed by atoms with van der Waals surface area (Å²) in [5.41, 5.74) is 2.86. The minimum atomic E-state index is -0.347. The van der Waals surface area contributed by atoms with Gasteiger partial charge in [-0.1, -0.05) is 12.1 Å². The van der Waals surface area contributed by atoms with Crippen molar-refractivity contribution in [2.45, 2.75) is 6.92 Å².